The molecule has 0 aliphatic carbocycles. The van der Waals surface area contributed by atoms with Crippen molar-refractivity contribution < 1.29 is 25.3 Å². The Kier molecular flexibility index (Phi) is 8.02. The molecule has 0 radical (unpaired) electrons. The van der Waals surface area contributed by atoms with E-state index in [4.69, 9.17) is 6.64 Å². The Morgan fingerprint density at radius 3 is 2.61 bits per heavy atom. The average Bonchev–Trinajstić information content (AvgIpc) is 2.43. The third-order valence-electron chi connectivity index (χ3n) is 2.76. The van der Waals surface area contributed by atoms with Crippen LogP contribution in [0.1, 0.15) is 18.4 Å². The van der Waals surface area contributed by atoms with Gasteiger partial charge in [-0.15, -0.1) is 0 Å². The molecule has 4 heteroatoms. The molecule has 1 N–H and O–H groups in total. The van der Waals surface area contributed by atoms with Gasteiger partial charge in [-0.2, -0.15) is 0 Å². The van der Waals surface area contributed by atoms with E-state index in [1.165, 1.54) is 0 Å². The van der Waals surface area contributed by atoms with Crippen molar-refractivity contribution in [2.24, 2.45) is 0 Å². The zero-order valence-corrected chi connectivity index (χ0v) is 12.8. The molecular weight excluding hydrogens is 262 g/mol. The summed E-state index contributed by atoms with van der Waals surface area (Å²) in [5.74, 6) is 0. The molecule has 0 spiro atoms. The molecule has 0 heterocycles. The maximum atomic E-state index is 5.31. The monoisotopic (exact) mass is 284 g/mol. The van der Waals surface area contributed by atoms with Crippen molar-refractivity contribution in [3.63, 3.8) is 0 Å². The van der Waals surface area contributed by atoms with Crippen LogP contribution in [0.3, 0.4) is 0 Å². The molecule has 0 aliphatic rings. The van der Waals surface area contributed by atoms with E-state index in [2.05, 4.69) is 24.0 Å². The van der Waals surface area contributed by atoms with E-state index in [1.807, 2.05) is 18.2 Å². The van der Waals surface area contributed by atoms with Gasteiger partial charge < -0.3 is 0 Å². The van der Waals surface area contributed by atoms with Gasteiger partial charge in [0, 0.05) is 0 Å². The summed E-state index contributed by atoms with van der Waals surface area (Å²) in [6.45, 7) is 4.79. The second-order valence-electron chi connectivity index (χ2n) is 3.96. The van der Waals surface area contributed by atoms with Crippen LogP contribution in [0.25, 0.3) is 6.08 Å². The summed E-state index contributed by atoms with van der Waals surface area (Å²) in [4.78, 5) is 0. The van der Waals surface area contributed by atoms with Gasteiger partial charge in [0.15, 0.2) is 0 Å². The number of anilines is 1. The fraction of sp³-hybridized carbons (Fsp3) is 0.429. The minimum atomic E-state index is -1.63. The van der Waals surface area contributed by atoms with Crippen molar-refractivity contribution in [3.05, 3.63) is 36.4 Å². The zero-order chi connectivity index (χ0) is 13.2. The van der Waals surface area contributed by atoms with Crippen molar-refractivity contribution in [2.45, 2.75) is 17.6 Å². The first-order valence-corrected chi connectivity index (χ1v) is 8.59. The Morgan fingerprint density at radius 1 is 1.22 bits per heavy atom. The van der Waals surface area contributed by atoms with Gasteiger partial charge >= 0.3 is 117 Å². The quantitative estimate of drug-likeness (QED) is 0.554. The molecule has 99 valence electrons. The fourth-order valence-corrected chi connectivity index (χ4v) is 3.48. The molecule has 0 saturated carbocycles. The molecule has 0 aliphatic heterocycles. The predicted octanol–water partition coefficient (Wildman–Crippen LogP) is 3.68. The van der Waals surface area contributed by atoms with Gasteiger partial charge in [0.1, 0.15) is 0 Å². The van der Waals surface area contributed by atoms with E-state index in [9.17, 15) is 0 Å². The number of unbranched alkanes of at least 4 members (excludes halogenated alkanes) is 1. The number of nitrogens with one attached hydrogen (secondary N) is 1. The summed E-state index contributed by atoms with van der Waals surface area (Å²) in [5.41, 5.74) is 2.31. The van der Waals surface area contributed by atoms with Gasteiger partial charge in [0.25, 0.3) is 0 Å². The van der Waals surface area contributed by atoms with Gasteiger partial charge in [-0.1, -0.05) is 0 Å². The average molecular weight is 284 g/mol. The van der Waals surface area contributed by atoms with Gasteiger partial charge in [0.05, 0.1) is 0 Å². The third-order valence-corrected chi connectivity index (χ3v) is 5.37. The first-order chi connectivity index (χ1) is 8.81. The van der Waals surface area contributed by atoms with Crippen LogP contribution < -0.4 is 5.32 Å². The van der Waals surface area contributed by atoms with Gasteiger partial charge in [0.2, 0.25) is 0 Å². The molecule has 0 unspecified atom stereocenters. The topological polar surface area (TPSA) is 30.5 Å². The second kappa shape index (κ2) is 9.34. The van der Waals surface area contributed by atoms with Crippen molar-refractivity contribution in [2.75, 3.05) is 26.1 Å². The van der Waals surface area contributed by atoms with E-state index >= 15 is 0 Å². The van der Waals surface area contributed by atoms with Gasteiger partial charge in [-0.3, -0.25) is 0 Å². The van der Waals surface area contributed by atoms with Gasteiger partial charge in [-0.25, -0.2) is 0 Å². The van der Waals surface area contributed by atoms with Crippen LogP contribution in [-0.2, 0) is 25.3 Å². The van der Waals surface area contributed by atoms with Crippen LogP contribution in [0.4, 0.5) is 5.69 Å². The Bertz CT molecular complexity index is 353. The van der Waals surface area contributed by atoms with Crippen molar-refractivity contribution in [1.82, 2.24) is 0 Å². The number of rotatable bonds is 9. The second-order valence-corrected chi connectivity index (χ2v) is 7.17. The van der Waals surface area contributed by atoms with E-state index < -0.39 is 18.6 Å². The van der Waals surface area contributed by atoms with Crippen molar-refractivity contribution in [1.29, 1.82) is 0 Å². The summed E-state index contributed by atoms with van der Waals surface area (Å²) in [7, 11) is 3.49. The summed E-state index contributed by atoms with van der Waals surface area (Å²) in [6.07, 6.45) is 4.16. The maximum absolute atomic E-state index is 5.31. The van der Waals surface area contributed by atoms with E-state index in [1.54, 1.807) is 14.2 Å². The van der Waals surface area contributed by atoms with E-state index in [0.717, 1.165) is 35.4 Å². The summed E-state index contributed by atoms with van der Waals surface area (Å²) in [6, 6.07) is 8.21. The van der Waals surface area contributed by atoms with Crippen LogP contribution in [0.2, 0.25) is 4.73 Å². The van der Waals surface area contributed by atoms with E-state index in [-0.39, 0.29) is 0 Å². The number of hydrogen-bond acceptors (Lipinski definition) is 3. The molecule has 0 amide bonds. The molecular formula is C14H22NO2Ti. The summed E-state index contributed by atoms with van der Waals surface area (Å²) < 4.78 is 11.7. The SMILES string of the molecule is C=Cc1ccccc1NCCC[CH2][Ti]([O]C)[O]C. The Hall–Kier alpha value is -0.606. The van der Waals surface area contributed by atoms with Crippen molar-refractivity contribution in [3.8, 4) is 0 Å². The van der Waals surface area contributed by atoms with Crippen LogP contribution in [0.5, 0.6) is 0 Å². The molecule has 0 atom stereocenters. The normalized spacial score (nSPS) is 10.1. The molecule has 0 fully saturated rings. The van der Waals surface area contributed by atoms with Crippen LogP contribution in [0.15, 0.2) is 30.8 Å². The number of para-hydroxylation sites is 1. The third kappa shape index (κ3) is 5.36. The molecule has 1 rings (SSSR count). The zero-order valence-electron chi connectivity index (χ0n) is 11.2. The van der Waals surface area contributed by atoms with Crippen LogP contribution >= 0.6 is 0 Å². The summed E-state index contributed by atoms with van der Waals surface area (Å²) in [5, 5.41) is 3.44. The van der Waals surface area contributed by atoms with Crippen LogP contribution in [-0.4, -0.2) is 20.8 Å². The van der Waals surface area contributed by atoms with Gasteiger partial charge in [-0.05, 0) is 0 Å². The standard InChI is InChI=1S/C12H16N.2CH3O.Ti/c1-3-5-10-13-12-9-7-6-8-11(12)4-2;2*1-2;/h4,6-9,13H,1-3,5,10H2;2*1H3;/q;2*-1;+2. The predicted molar refractivity (Wildman–Crippen MR) is 73.1 cm³/mol. The summed E-state index contributed by atoms with van der Waals surface area (Å²) >= 11 is -1.63. The Labute approximate surface area is 117 Å². The molecule has 1 aromatic rings. The molecule has 0 saturated heterocycles. The molecule has 1 aromatic carbocycles. The number of hydrogen-bond donors (Lipinski definition) is 1. The Balaban J connectivity index is 2.23. The first kappa shape index (κ1) is 15.5. The molecule has 0 bridgehead atoms. The first-order valence-electron chi connectivity index (χ1n) is 6.21. The minimum absolute atomic E-state index is 0.976. The van der Waals surface area contributed by atoms with E-state index in [0.29, 0.717) is 0 Å². The number of benzene rings is 1. The molecule has 18 heavy (non-hydrogen) atoms. The van der Waals surface area contributed by atoms with Crippen LogP contribution in [0, 0.1) is 0 Å². The fourth-order valence-electron chi connectivity index (χ4n) is 1.74. The molecule has 0 aromatic heterocycles. The van der Waals surface area contributed by atoms with Crippen molar-refractivity contribution >= 4 is 11.8 Å². The molecule has 3 nitrogen and oxygen atoms in total. The Morgan fingerprint density at radius 2 is 1.94 bits per heavy atom.